The molecule has 1 amide bonds. The van der Waals surface area contributed by atoms with Gasteiger partial charge in [0.15, 0.2) is 11.5 Å². The number of hydrogen-bond donors (Lipinski definition) is 2. The van der Waals surface area contributed by atoms with Crippen LogP contribution in [0.25, 0.3) is 12.2 Å². The number of thiazole rings is 1. The van der Waals surface area contributed by atoms with E-state index in [4.69, 9.17) is 4.74 Å². The predicted molar refractivity (Wildman–Crippen MR) is 79.1 cm³/mol. The molecule has 0 aliphatic carbocycles. The fourth-order valence-corrected chi connectivity index (χ4v) is 2.33. The van der Waals surface area contributed by atoms with E-state index in [1.54, 1.807) is 31.4 Å². The largest absolute Gasteiger partial charge is 0.504 e. The fraction of sp³-hybridized carbons (Fsp3) is 0.143. The summed E-state index contributed by atoms with van der Waals surface area (Å²) in [5.41, 5.74) is 0.872. The molecule has 2 aromatic rings. The summed E-state index contributed by atoms with van der Waals surface area (Å²) in [6.45, 7) is 0. The maximum absolute atomic E-state index is 11.4. The van der Waals surface area contributed by atoms with Crippen LogP contribution in [0.3, 0.4) is 0 Å². The van der Waals surface area contributed by atoms with Crippen molar-refractivity contribution in [1.82, 2.24) is 10.3 Å². The summed E-state index contributed by atoms with van der Waals surface area (Å²) in [5, 5.41) is 12.8. The first-order valence-corrected chi connectivity index (χ1v) is 6.68. The molecule has 20 heavy (non-hydrogen) atoms. The lowest BCUT2D eigenvalue weighted by Crippen LogP contribution is -2.16. The molecule has 1 heterocycles. The van der Waals surface area contributed by atoms with Gasteiger partial charge in [0, 0.05) is 7.05 Å². The highest BCUT2D eigenvalue weighted by molar-refractivity contribution is 7.14. The Hall–Kier alpha value is -2.34. The van der Waals surface area contributed by atoms with E-state index in [1.165, 1.54) is 18.4 Å². The highest BCUT2D eigenvalue weighted by Gasteiger charge is 2.06. The zero-order valence-electron chi connectivity index (χ0n) is 11.1. The highest BCUT2D eigenvalue weighted by atomic mass is 32.1. The van der Waals surface area contributed by atoms with Crippen molar-refractivity contribution < 1.29 is 14.6 Å². The van der Waals surface area contributed by atoms with Gasteiger partial charge in [-0.2, -0.15) is 0 Å². The zero-order chi connectivity index (χ0) is 14.5. The second-order valence-corrected chi connectivity index (χ2v) is 4.97. The van der Waals surface area contributed by atoms with E-state index < -0.39 is 0 Å². The van der Waals surface area contributed by atoms with Gasteiger partial charge >= 0.3 is 0 Å². The van der Waals surface area contributed by atoms with Crippen LogP contribution in [0.4, 0.5) is 0 Å². The Kier molecular flexibility index (Phi) is 4.37. The minimum atomic E-state index is -0.145. The first-order valence-electron chi connectivity index (χ1n) is 5.87. The number of nitrogens with zero attached hydrogens (tertiary/aromatic N) is 1. The average Bonchev–Trinajstić information content (AvgIpc) is 2.94. The number of amides is 1. The zero-order valence-corrected chi connectivity index (χ0v) is 11.9. The molecule has 0 saturated heterocycles. The lowest BCUT2D eigenvalue weighted by Gasteiger charge is -2.03. The fourth-order valence-electron chi connectivity index (χ4n) is 1.56. The van der Waals surface area contributed by atoms with Crippen molar-refractivity contribution in [3.63, 3.8) is 0 Å². The van der Waals surface area contributed by atoms with Crippen LogP contribution in [0.2, 0.25) is 0 Å². The topological polar surface area (TPSA) is 71.5 Å². The van der Waals surface area contributed by atoms with Gasteiger partial charge in [0.2, 0.25) is 0 Å². The lowest BCUT2D eigenvalue weighted by molar-refractivity contribution is 0.0967. The maximum atomic E-state index is 11.4. The molecule has 1 aromatic carbocycles. The van der Waals surface area contributed by atoms with Crippen LogP contribution in [0, 0.1) is 0 Å². The van der Waals surface area contributed by atoms with Gasteiger partial charge in [0.1, 0.15) is 9.88 Å². The quantitative estimate of drug-likeness (QED) is 0.907. The Labute approximate surface area is 120 Å². The summed E-state index contributed by atoms with van der Waals surface area (Å²) in [6, 6.07) is 5.05. The molecule has 0 unspecified atom stereocenters. The molecule has 0 aliphatic rings. The highest BCUT2D eigenvalue weighted by Crippen LogP contribution is 2.27. The van der Waals surface area contributed by atoms with Crippen LogP contribution in [0.5, 0.6) is 11.5 Å². The molecule has 0 saturated carbocycles. The minimum Gasteiger partial charge on any atom is -0.504 e. The molecule has 0 fully saturated rings. The summed E-state index contributed by atoms with van der Waals surface area (Å²) >= 11 is 1.31. The number of methoxy groups -OCH3 is 1. The van der Waals surface area contributed by atoms with Crippen molar-refractivity contribution in [3.8, 4) is 11.5 Å². The number of phenols is 1. The molecule has 2 rings (SSSR count). The second kappa shape index (κ2) is 6.21. The van der Waals surface area contributed by atoms with Gasteiger partial charge in [-0.1, -0.05) is 12.1 Å². The van der Waals surface area contributed by atoms with Crippen molar-refractivity contribution in [2.24, 2.45) is 0 Å². The monoisotopic (exact) mass is 290 g/mol. The van der Waals surface area contributed by atoms with Crippen LogP contribution >= 0.6 is 11.3 Å². The van der Waals surface area contributed by atoms with Crippen LogP contribution in [0.15, 0.2) is 24.4 Å². The summed E-state index contributed by atoms with van der Waals surface area (Å²) in [7, 11) is 3.08. The van der Waals surface area contributed by atoms with Crippen molar-refractivity contribution >= 4 is 29.4 Å². The SMILES string of the molecule is CNC(=O)c1cnc(C=Cc2ccc(O)c(OC)c2)s1. The summed E-state index contributed by atoms with van der Waals surface area (Å²) in [4.78, 5) is 16.1. The van der Waals surface area contributed by atoms with E-state index >= 15 is 0 Å². The van der Waals surface area contributed by atoms with E-state index in [0.717, 1.165) is 10.6 Å². The summed E-state index contributed by atoms with van der Waals surface area (Å²) in [6.07, 6.45) is 5.19. The van der Waals surface area contributed by atoms with Gasteiger partial charge in [-0.05, 0) is 23.8 Å². The van der Waals surface area contributed by atoms with Gasteiger partial charge in [-0.3, -0.25) is 4.79 Å². The third-order valence-electron chi connectivity index (χ3n) is 2.60. The van der Waals surface area contributed by atoms with Crippen LogP contribution in [-0.4, -0.2) is 30.2 Å². The number of ether oxygens (including phenoxy) is 1. The Morgan fingerprint density at radius 3 is 2.95 bits per heavy atom. The van der Waals surface area contributed by atoms with E-state index in [2.05, 4.69) is 10.3 Å². The lowest BCUT2D eigenvalue weighted by atomic mass is 10.2. The Balaban J connectivity index is 2.17. The average molecular weight is 290 g/mol. The molecule has 0 radical (unpaired) electrons. The number of carbonyl (C=O) groups is 1. The van der Waals surface area contributed by atoms with Crippen LogP contribution < -0.4 is 10.1 Å². The second-order valence-electron chi connectivity index (χ2n) is 3.91. The molecule has 0 aliphatic heterocycles. The Morgan fingerprint density at radius 2 is 2.25 bits per heavy atom. The first-order chi connectivity index (χ1) is 9.63. The minimum absolute atomic E-state index is 0.0980. The summed E-state index contributed by atoms with van der Waals surface area (Å²) in [5.74, 6) is 0.367. The van der Waals surface area contributed by atoms with E-state index in [1.807, 2.05) is 12.2 Å². The smallest absolute Gasteiger partial charge is 0.262 e. The maximum Gasteiger partial charge on any atom is 0.262 e. The van der Waals surface area contributed by atoms with Crippen molar-refractivity contribution in [3.05, 3.63) is 39.8 Å². The Morgan fingerprint density at radius 1 is 1.45 bits per heavy atom. The molecular formula is C14H14N2O3S. The van der Waals surface area contributed by atoms with E-state index in [-0.39, 0.29) is 11.7 Å². The number of nitrogens with one attached hydrogen (secondary N) is 1. The molecule has 1 aromatic heterocycles. The number of carbonyl (C=O) groups excluding carboxylic acids is 1. The van der Waals surface area contributed by atoms with E-state index in [9.17, 15) is 9.90 Å². The van der Waals surface area contributed by atoms with Crippen LogP contribution in [0.1, 0.15) is 20.2 Å². The molecular weight excluding hydrogens is 276 g/mol. The van der Waals surface area contributed by atoms with Gasteiger partial charge in [-0.25, -0.2) is 4.98 Å². The number of aromatic hydroxyl groups is 1. The van der Waals surface area contributed by atoms with Gasteiger partial charge in [-0.15, -0.1) is 11.3 Å². The van der Waals surface area contributed by atoms with Crippen molar-refractivity contribution in [2.45, 2.75) is 0 Å². The number of benzene rings is 1. The predicted octanol–water partition coefficient (Wildman–Crippen LogP) is 2.39. The van der Waals surface area contributed by atoms with Crippen molar-refractivity contribution in [1.29, 1.82) is 0 Å². The third-order valence-corrected chi connectivity index (χ3v) is 3.56. The molecule has 0 spiro atoms. The van der Waals surface area contributed by atoms with Crippen molar-refractivity contribution in [2.75, 3.05) is 14.2 Å². The Bertz CT molecular complexity index is 650. The van der Waals surface area contributed by atoms with Gasteiger partial charge in [0.25, 0.3) is 5.91 Å². The number of phenolic OH excluding ortho intramolecular Hbond substituents is 1. The number of aromatic nitrogens is 1. The van der Waals surface area contributed by atoms with Gasteiger partial charge in [0.05, 0.1) is 13.3 Å². The number of hydrogen-bond acceptors (Lipinski definition) is 5. The van der Waals surface area contributed by atoms with Gasteiger partial charge < -0.3 is 15.2 Å². The molecule has 5 nitrogen and oxygen atoms in total. The standard InChI is InChI=1S/C14H14N2O3S/c1-15-14(18)12-8-16-13(20-12)6-4-9-3-5-10(17)11(7-9)19-2/h3-8,17H,1-2H3,(H,15,18). The molecule has 0 bridgehead atoms. The first kappa shape index (κ1) is 14.1. The molecule has 0 atom stereocenters. The van der Waals surface area contributed by atoms with Crippen LogP contribution in [-0.2, 0) is 0 Å². The third kappa shape index (κ3) is 3.16. The summed E-state index contributed by atoms with van der Waals surface area (Å²) < 4.78 is 5.04. The van der Waals surface area contributed by atoms with E-state index in [0.29, 0.717) is 10.6 Å². The molecule has 2 N–H and O–H groups in total. The molecule has 104 valence electrons. The molecule has 6 heteroatoms. The normalized spacial score (nSPS) is 10.7. The number of rotatable bonds is 4.